The second-order valence-corrected chi connectivity index (χ2v) is 11.5. The Labute approximate surface area is 211 Å². The summed E-state index contributed by atoms with van der Waals surface area (Å²) in [5.41, 5.74) is -0.474. The summed E-state index contributed by atoms with van der Waals surface area (Å²) < 4.78 is 82.6. The molecule has 3 rings (SSSR count). The van der Waals surface area contributed by atoms with Crippen molar-refractivity contribution < 1.29 is 35.6 Å². The van der Waals surface area contributed by atoms with Gasteiger partial charge in [-0.2, -0.15) is 18.2 Å². The van der Waals surface area contributed by atoms with Gasteiger partial charge in [-0.25, -0.2) is 18.4 Å². The Balaban J connectivity index is 1.87. The molecule has 2 aromatic heterocycles. The van der Waals surface area contributed by atoms with Gasteiger partial charge in [-0.05, 0) is 37.3 Å². The lowest BCUT2D eigenvalue weighted by Crippen LogP contribution is -2.27. The molecule has 3 N–H and O–H groups in total. The molecule has 0 bridgehead atoms. The van der Waals surface area contributed by atoms with Crippen molar-refractivity contribution in [3.63, 3.8) is 0 Å². The average Bonchev–Trinajstić information content (AvgIpc) is 2.81. The second-order valence-electron chi connectivity index (χ2n) is 7.63. The zero-order chi connectivity index (χ0) is 27.4. The molecule has 0 aliphatic carbocycles. The highest BCUT2D eigenvalue weighted by atomic mass is 32.2. The molecular weight excluding hydrogens is 536 g/mol. The normalized spacial score (nSPS) is 13.6. The molecule has 1 aromatic carbocycles. The Hall–Kier alpha value is -3.26. The van der Waals surface area contributed by atoms with Crippen LogP contribution in [0.25, 0.3) is 0 Å². The number of alkyl halides is 3. The predicted octanol–water partition coefficient (Wildman–Crippen LogP) is 3.49. The third kappa shape index (κ3) is 7.16. The van der Waals surface area contributed by atoms with Crippen LogP contribution in [0.5, 0.6) is 0 Å². The topological polar surface area (TPSA) is 147 Å². The number of anilines is 4. The average molecular weight is 560 g/mol. The Morgan fingerprint density at radius 1 is 1.16 bits per heavy atom. The van der Waals surface area contributed by atoms with Crippen molar-refractivity contribution in [3.8, 4) is 0 Å². The molecule has 0 amide bonds. The number of pyridine rings is 1. The molecule has 0 spiro atoms. The number of sulfonamides is 1. The van der Waals surface area contributed by atoms with Gasteiger partial charge >= 0.3 is 13.8 Å². The molecule has 0 aliphatic heterocycles. The van der Waals surface area contributed by atoms with Gasteiger partial charge in [0, 0.05) is 37.2 Å². The summed E-state index contributed by atoms with van der Waals surface area (Å²) in [6, 6.07) is 8.57. The van der Waals surface area contributed by atoms with Crippen LogP contribution < -0.4 is 20.2 Å². The molecule has 11 nitrogen and oxygen atoms in total. The van der Waals surface area contributed by atoms with Crippen LogP contribution >= 0.6 is 7.60 Å². The summed E-state index contributed by atoms with van der Waals surface area (Å²) in [4.78, 5) is 21.6. The van der Waals surface area contributed by atoms with Crippen LogP contribution in [0, 0.1) is 0 Å². The zero-order valence-electron chi connectivity index (χ0n) is 19.9. The Kier molecular flexibility index (Phi) is 8.42. The number of nitrogens with zero attached hydrogens (tertiary/aromatic N) is 4. The van der Waals surface area contributed by atoms with Crippen LogP contribution in [-0.2, 0) is 31.8 Å². The number of benzene rings is 1. The number of aromatic nitrogens is 3. The molecular formula is C21H24F3N6O5PS. The van der Waals surface area contributed by atoms with Crippen LogP contribution in [0.3, 0.4) is 0 Å². The summed E-state index contributed by atoms with van der Waals surface area (Å²) in [6.07, 6.45) is -1.82. The summed E-state index contributed by atoms with van der Waals surface area (Å²) in [7, 11) is -6.36. The SMILES string of the molecule is CCOP(=O)(O)c1ccc(Nc2ncc(C(F)(F)F)c(NCc3cccnc3N(C)S(C)(=O)=O)n2)cc1. The van der Waals surface area contributed by atoms with E-state index in [1.54, 1.807) is 6.92 Å². The maximum Gasteiger partial charge on any atom is 0.421 e. The first-order chi connectivity index (χ1) is 17.2. The van der Waals surface area contributed by atoms with E-state index in [1.165, 1.54) is 49.6 Å². The Morgan fingerprint density at radius 3 is 2.43 bits per heavy atom. The zero-order valence-corrected chi connectivity index (χ0v) is 21.6. The van der Waals surface area contributed by atoms with Crippen LogP contribution in [0.4, 0.5) is 36.4 Å². The van der Waals surface area contributed by atoms with Crippen molar-refractivity contribution in [3.05, 3.63) is 59.9 Å². The lowest BCUT2D eigenvalue weighted by Gasteiger charge is -2.20. The van der Waals surface area contributed by atoms with Crippen molar-refractivity contribution in [1.29, 1.82) is 0 Å². The molecule has 0 radical (unpaired) electrons. The van der Waals surface area contributed by atoms with Crippen molar-refractivity contribution in [2.75, 3.05) is 34.8 Å². The number of rotatable bonds is 10. The quantitative estimate of drug-likeness (QED) is 0.315. The largest absolute Gasteiger partial charge is 0.421 e. The van der Waals surface area contributed by atoms with Gasteiger partial charge < -0.3 is 20.1 Å². The van der Waals surface area contributed by atoms with Crippen LogP contribution in [0.1, 0.15) is 18.1 Å². The van der Waals surface area contributed by atoms with E-state index in [0.717, 1.165) is 10.6 Å². The molecule has 16 heteroatoms. The van der Waals surface area contributed by atoms with E-state index in [2.05, 4.69) is 25.6 Å². The van der Waals surface area contributed by atoms with Gasteiger partial charge in [-0.3, -0.25) is 8.87 Å². The fourth-order valence-corrected chi connectivity index (χ4v) is 4.59. The first-order valence-electron chi connectivity index (χ1n) is 10.6. The standard InChI is InChI=1S/C21H24F3N6O5PS/c1-4-35-36(31,32)16-9-7-15(8-10-16)28-20-27-13-17(21(22,23)24)18(29-20)26-12-14-6-5-11-25-19(14)30(2)37(3,33)34/h5-11,13H,4,12H2,1-3H3,(H,31,32)(H2,26,27,28,29). The smallest absolute Gasteiger partial charge is 0.365 e. The third-order valence-electron chi connectivity index (χ3n) is 4.96. The minimum absolute atomic E-state index is 0.0357. The van der Waals surface area contributed by atoms with E-state index < -0.39 is 35.2 Å². The molecule has 3 aromatic rings. The first-order valence-corrected chi connectivity index (χ1v) is 14.1. The van der Waals surface area contributed by atoms with Gasteiger partial charge in [0.1, 0.15) is 17.2 Å². The monoisotopic (exact) mass is 560 g/mol. The van der Waals surface area contributed by atoms with E-state index in [4.69, 9.17) is 4.52 Å². The molecule has 0 aliphatic rings. The van der Waals surface area contributed by atoms with Crippen molar-refractivity contribution in [2.24, 2.45) is 0 Å². The number of hydrogen-bond acceptors (Lipinski definition) is 9. The van der Waals surface area contributed by atoms with E-state index in [-0.39, 0.29) is 30.2 Å². The van der Waals surface area contributed by atoms with Crippen molar-refractivity contribution >= 4 is 46.2 Å². The number of nitrogens with one attached hydrogen (secondary N) is 2. The minimum atomic E-state index is -4.77. The first kappa shape index (κ1) is 28.3. The third-order valence-corrected chi connectivity index (χ3v) is 7.68. The highest BCUT2D eigenvalue weighted by Crippen LogP contribution is 2.40. The summed E-state index contributed by atoms with van der Waals surface area (Å²) in [5, 5.41) is 5.38. The molecule has 0 saturated carbocycles. The Bertz CT molecular complexity index is 1410. The van der Waals surface area contributed by atoms with E-state index in [0.29, 0.717) is 17.4 Å². The maximum atomic E-state index is 13.6. The van der Waals surface area contributed by atoms with Gasteiger partial charge in [0.2, 0.25) is 16.0 Å². The van der Waals surface area contributed by atoms with E-state index in [1.807, 2.05) is 0 Å². The van der Waals surface area contributed by atoms with Gasteiger partial charge in [0.05, 0.1) is 18.2 Å². The molecule has 0 saturated heterocycles. The van der Waals surface area contributed by atoms with Crippen molar-refractivity contribution in [2.45, 2.75) is 19.6 Å². The highest BCUT2D eigenvalue weighted by molar-refractivity contribution is 7.92. The van der Waals surface area contributed by atoms with Crippen LogP contribution in [0.15, 0.2) is 48.8 Å². The second kappa shape index (κ2) is 11.0. The van der Waals surface area contributed by atoms with Crippen LogP contribution in [-0.4, -0.2) is 48.2 Å². The fourth-order valence-electron chi connectivity index (χ4n) is 3.08. The minimum Gasteiger partial charge on any atom is -0.365 e. The molecule has 0 fully saturated rings. The van der Waals surface area contributed by atoms with Crippen LogP contribution in [0.2, 0.25) is 0 Å². The molecule has 1 atom stereocenters. The Morgan fingerprint density at radius 2 is 1.84 bits per heavy atom. The lowest BCUT2D eigenvalue weighted by atomic mass is 10.2. The van der Waals surface area contributed by atoms with E-state index in [9.17, 15) is 31.0 Å². The summed E-state index contributed by atoms with van der Waals surface area (Å²) in [5.74, 6) is -0.679. The van der Waals surface area contributed by atoms with Gasteiger partial charge in [-0.15, -0.1) is 0 Å². The number of halogens is 3. The van der Waals surface area contributed by atoms with E-state index >= 15 is 0 Å². The van der Waals surface area contributed by atoms with Crippen molar-refractivity contribution in [1.82, 2.24) is 15.0 Å². The highest BCUT2D eigenvalue weighted by Gasteiger charge is 2.35. The predicted molar refractivity (Wildman–Crippen MR) is 133 cm³/mol. The summed E-state index contributed by atoms with van der Waals surface area (Å²) >= 11 is 0. The lowest BCUT2D eigenvalue weighted by molar-refractivity contribution is -0.137. The number of hydrogen-bond donors (Lipinski definition) is 3. The molecule has 2 heterocycles. The molecule has 37 heavy (non-hydrogen) atoms. The van der Waals surface area contributed by atoms with Gasteiger partial charge in [0.15, 0.2) is 0 Å². The maximum absolute atomic E-state index is 13.6. The summed E-state index contributed by atoms with van der Waals surface area (Å²) in [6.45, 7) is 1.39. The fraction of sp³-hybridized carbons (Fsp3) is 0.286. The van der Waals surface area contributed by atoms with Gasteiger partial charge in [-0.1, -0.05) is 6.07 Å². The van der Waals surface area contributed by atoms with Gasteiger partial charge in [0.25, 0.3) is 0 Å². The molecule has 200 valence electrons. The molecule has 1 unspecified atom stereocenters.